The van der Waals surface area contributed by atoms with Crippen LogP contribution in [0.4, 0.5) is 4.39 Å². The van der Waals surface area contributed by atoms with Crippen molar-refractivity contribution < 1.29 is 13.7 Å². The van der Waals surface area contributed by atoms with Crippen LogP contribution in [0.25, 0.3) is 0 Å². The van der Waals surface area contributed by atoms with Crippen LogP contribution in [0.2, 0.25) is 0 Å². The summed E-state index contributed by atoms with van der Waals surface area (Å²) in [6.45, 7) is 7.83. The van der Waals surface area contributed by atoms with Gasteiger partial charge in [-0.3, -0.25) is 0 Å². The standard InChI is InChI=1S/C13H18BBrFNO2/c1-12(2)13(3,4)19-14(18-12)11(17)9-7-8(16)5-6-10(9)15/h5-7,11H,17H2,1-4H3. The molecular formula is C13H18BBrFNO2. The molecule has 1 saturated heterocycles. The summed E-state index contributed by atoms with van der Waals surface area (Å²) in [6, 6.07) is 4.42. The maximum atomic E-state index is 13.3. The van der Waals surface area contributed by atoms with Crippen molar-refractivity contribution >= 4 is 23.0 Å². The lowest BCUT2D eigenvalue weighted by molar-refractivity contribution is 0.00578. The summed E-state index contributed by atoms with van der Waals surface area (Å²) in [5.74, 6) is -0.878. The van der Waals surface area contributed by atoms with Crippen molar-refractivity contribution in [2.45, 2.75) is 44.8 Å². The third kappa shape index (κ3) is 2.72. The van der Waals surface area contributed by atoms with Gasteiger partial charge in [0.1, 0.15) is 5.82 Å². The highest BCUT2D eigenvalue weighted by atomic mass is 79.9. The molecule has 104 valence electrons. The Labute approximate surface area is 121 Å². The largest absolute Gasteiger partial charge is 0.480 e. The summed E-state index contributed by atoms with van der Waals surface area (Å²) in [5.41, 5.74) is 5.90. The molecule has 0 saturated carbocycles. The highest BCUT2D eigenvalue weighted by Gasteiger charge is 2.53. The quantitative estimate of drug-likeness (QED) is 0.847. The molecule has 1 aliphatic heterocycles. The molecule has 0 bridgehead atoms. The third-order valence-electron chi connectivity index (χ3n) is 3.88. The minimum Gasteiger partial charge on any atom is -0.402 e. The number of benzene rings is 1. The molecule has 1 aromatic carbocycles. The molecule has 0 amide bonds. The summed E-state index contributed by atoms with van der Waals surface area (Å²) in [4.78, 5) is 0. The van der Waals surface area contributed by atoms with Crippen LogP contribution in [0, 0.1) is 5.82 Å². The van der Waals surface area contributed by atoms with Gasteiger partial charge in [-0.2, -0.15) is 0 Å². The van der Waals surface area contributed by atoms with Gasteiger partial charge in [-0.25, -0.2) is 4.39 Å². The maximum Gasteiger partial charge on any atom is 0.480 e. The second-order valence-electron chi connectivity index (χ2n) is 5.82. The summed E-state index contributed by atoms with van der Waals surface area (Å²) >= 11 is 3.38. The zero-order valence-corrected chi connectivity index (χ0v) is 13.1. The third-order valence-corrected chi connectivity index (χ3v) is 4.60. The molecule has 2 rings (SSSR count). The van der Waals surface area contributed by atoms with Crippen LogP contribution in [-0.2, 0) is 9.31 Å². The Morgan fingerprint density at radius 2 is 1.74 bits per heavy atom. The fraction of sp³-hybridized carbons (Fsp3) is 0.538. The predicted octanol–water partition coefficient (Wildman–Crippen LogP) is 3.22. The van der Waals surface area contributed by atoms with Crippen molar-refractivity contribution in [3.63, 3.8) is 0 Å². The summed E-state index contributed by atoms with van der Waals surface area (Å²) < 4.78 is 25.9. The Morgan fingerprint density at radius 1 is 1.21 bits per heavy atom. The number of hydrogen-bond donors (Lipinski definition) is 1. The fourth-order valence-electron chi connectivity index (χ4n) is 1.95. The van der Waals surface area contributed by atoms with Gasteiger partial charge in [0.15, 0.2) is 0 Å². The van der Waals surface area contributed by atoms with Gasteiger partial charge in [0, 0.05) is 4.47 Å². The molecule has 0 aromatic heterocycles. The van der Waals surface area contributed by atoms with Crippen molar-refractivity contribution in [1.82, 2.24) is 0 Å². The SMILES string of the molecule is CC1(C)OB(C(N)c2cc(F)ccc2Br)OC1(C)C. The summed E-state index contributed by atoms with van der Waals surface area (Å²) in [7, 11) is -0.594. The number of hydrogen-bond acceptors (Lipinski definition) is 3. The second kappa shape index (κ2) is 4.84. The Balaban J connectivity index is 2.27. The first kappa shape index (κ1) is 15.0. The molecule has 0 spiro atoms. The van der Waals surface area contributed by atoms with Gasteiger partial charge < -0.3 is 15.0 Å². The molecule has 1 atom stereocenters. The molecule has 3 nitrogen and oxygen atoms in total. The van der Waals surface area contributed by atoms with E-state index >= 15 is 0 Å². The van der Waals surface area contributed by atoms with E-state index in [4.69, 9.17) is 15.0 Å². The van der Waals surface area contributed by atoms with Gasteiger partial charge in [0.25, 0.3) is 0 Å². The molecule has 6 heteroatoms. The molecular weight excluding hydrogens is 312 g/mol. The molecule has 19 heavy (non-hydrogen) atoms. The van der Waals surface area contributed by atoms with Crippen LogP contribution < -0.4 is 5.73 Å². The van der Waals surface area contributed by atoms with Gasteiger partial charge >= 0.3 is 7.12 Å². The number of nitrogens with two attached hydrogens (primary N) is 1. The van der Waals surface area contributed by atoms with E-state index in [0.29, 0.717) is 5.56 Å². The minimum atomic E-state index is -0.594. The van der Waals surface area contributed by atoms with E-state index in [0.717, 1.165) is 4.47 Å². The zero-order chi connectivity index (χ0) is 14.4. The molecule has 1 aromatic rings. The normalized spacial score (nSPS) is 22.6. The van der Waals surface area contributed by atoms with Crippen LogP contribution >= 0.6 is 15.9 Å². The van der Waals surface area contributed by atoms with Gasteiger partial charge in [0.05, 0.1) is 17.1 Å². The van der Waals surface area contributed by atoms with E-state index in [1.165, 1.54) is 12.1 Å². The van der Waals surface area contributed by atoms with Gasteiger partial charge in [-0.15, -0.1) is 0 Å². The molecule has 1 fully saturated rings. The monoisotopic (exact) mass is 329 g/mol. The lowest BCUT2D eigenvalue weighted by Crippen LogP contribution is -2.41. The molecule has 1 aliphatic rings. The molecule has 2 N–H and O–H groups in total. The Kier molecular flexibility index (Phi) is 3.82. The number of halogens is 2. The topological polar surface area (TPSA) is 44.5 Å². The van der Waals surface area contributed by atoms with E-state index in [9.17, 15) is 4.39 Å². The highest BCUT2D eigenvalue weighted by Crippen LogP contribution is 2.40. The Bertz CT molecular complexity index is 480. The lowest BCUT2D eigenvalue weighted by Gasteiger charge is -2.32. The van der Waals surface area contributed by atoms with Gasteiger partial charge in [-0.05, 0) is 51.5 Å². The summed E-state index contributed by atoms with van der Waals surface area (Å²) in [5, 5.41) is 0. The average Bonchev–Trinajstić information content (AvgIpc) is 2.51. The summed E-state index contributed by atoms with van der Waals surface area (Å²) in [6.07, 6.45) is 0. The Hall–Kier alpha value is -0.425. The Morgan fingerprint density at radius 3 is 2.26 bits per heavy atom. The molecule has 0 radical (unpaired) electrons. The van der Waals surface area contributed by atoms with Crippen molar-refractivity contribution in [2.75, 3.05) is 0 Å². The van der Waals surface area contributed by atoms with Crippen molar-refractivity contribution in [3.05, 3.63) is 34.1 Å². The van der Waals surface area contributed by atoms with Crippen LogP contribution in [0.1, 0.15) is 39.2 Å². The smallest absolute Gasteiger partial charge is 0.402 e. The fourth-order valence-corrected chi connectivity index (χ4v) is 2.46. The first-order valence-electron chi connectivity index (χ1n) is 6.20. The van der Waals surface area contributed by atoms with Gasteiger partial charge in [-0.1, -0.05) is 15.9 Å². The van der Waals surface area contributed by atoms with E-state index in [-0.39, 0.29) is 5.82 Å². The van der Waals surface area contributed by atoms with Gasteiger partial charge in [0.2, 0.25) is 0 Å². The van der Waals surface area contributed by atoms with E-state index in [1.54, 1.807) is 6.07 Å². The lowest BCUT2D eigenvalue weighted by atomic mass is 9.75. The van der Waals surface area contributed by atoms with E-state index in [2.05, 4.69) is 15.9 Å². The number of rotatable bonds is 2. The van der Waals surface area contributed by atoms with E-state index in [1.807, 2.05) is 27.7 Å². The van der Waals surface area contributed by atoms with Crippen LogP contribution in [0.3, 0.4) is 0 Å². The van der Waals surface area contributed by atoms with Crippen molar-refractivity contribution in [2.24, 2.45) is 5.73 Å². The van der Waals surface area contributed by atoms with Crippen molar-refractivity contribution in [3.8, 4) is 0 Å². The van der Waals surface area contributed by atoms with E-state index < -0.39 is 24.3 Å². The minimum absolute atomic E-state index is 0.329. The van der Waals surface area contributed by atoms with Crippen LogP contribution in [-0.4, -0.2) is 18.3 Å². The molecule has 1 unspecified atom stereocenters. The molecule has 0 aliphatic carbocycles. The second-order valence-corrected chi connectivity index (χ2v) is 6.67. The first-order valence-corrected chi connectivity index (χ1v) is 6.99. The average molecular weight is 330 g/mol. The van der Waals surface area contributed by atoms with Crippen LogP contribution in [0.15, 0.2) is 22.7 Å². The van der Waals surface area contributed by atoms with Crippen LogP contribution in [0.5, 0.6) is 0 Å². The highest BCUT2D eigenvalue weighted by molar-refractivity contribution is 9.10. The zero-order valence-electron chi connectivity index (χ0n) is 11.5. The predicted molar refractivity (Wildman–Crippen MR) is 77.1 cm³/mol. The molecule has 1 heterocycles. The first-order chi connectivity index (χ1) is 8.64. The van der Waals surface area contributed by atoms with Crippen molar-refractivity contribution in [1.29, 1.82) is 0 Å². The maximum absolute atomic E-state index is 13.3.